The molecule has 21 heteroatoms. The van der Waals surface area contributed by atoms with Gasteiger partial charge in [0.2, 0.25) is 6.79 Å². The third kappa shape index (κ3) is 13.7. The highest BCUT2D eigenvalue weighted by molar-refractivity contribution is 6.06. The molecule has 3 N–H and O–H groups in total. The summed E-state index contributed by atoms with van der Waals surface area (Å²) in [6.45, 7) is 23.0. The van der Waals surface area contributed by atoms with Gasteiger partial charge < -0.3 is 77.1 Å². The van der Waals surface area contributed by atoms with E-state index in [2.05, 4.69) is 154 Å². The number of nitrogens with zero attached hydrogens (tertiary/aromatic N) is 8. The maximum absolute atomic E-state index is 13.9. The van der Waals surface area contributed by atoms with E-state index in [4.69, 9.17) is 37.9 Å². The second kappa shape index (κ2) is 29.1. The molecule has 5 aliphatic heterocycles. The number of benzene rings is 7. The molecule has 3 fully saturated rings. The van der Waals surface area contributed by atoms with Crippen molar-refractivity contribution in [1.29, 1.82) is 5.26 Å². The van der Waals surface area contributed by atoms with Gasteiger partial charge in [0.15, 0.2) is 24.1 Å². The normalized spacial score (nSPS) is 23.4. The lowest BCUT2D eigenvalue weighted by molar-refractivity contribution is -0.219. The number of piperazine rings is 1. The molecule has 7 aliphatic rings. The topological polar surface area (TPSA) is 223 Å². The van der Waals surface area contributed by atoms with E-state index in [9.17, 15) is 20.0 Å². The van der Waals surface area contributed by atoms with Crippen molar-refractivity contribution in [2.75, 3.05) is 59.6 Å². The number of rotatable bonds is 9. The van der Waals surface area contributed by atoms with Gasteiger partial charge in [-0.3, -0.25) is 9.59 Å². The number of carbonyl (C=O) groups is 2. The second-order valence-electron chi connectivity index (χ2n) is 30.3. The Morgan fingerprint density at radius 2 is 1.56 bits per heavy atom. The quantitative estimate of drug-likeness (QED) is 0.114. The van der Waals surface area contributed by atoms with Crippen LogP contribution in [0.5, 0.6) is 34.5 Å². The molecule has 548 valence electrons. The fourth-order valence-electron chi connectivity index (χ4n) is 17.5. The number of aromatic nitrogens is 5. The van der Waals surface area contributed by atoms with Crippen LogP contribution in [-0.4, -0.2) is 122 Å². The van der Waals surface area contributed by atoms with Gasteiger partial charge in [-0.25, -0.2) is 9.97 Å². The summed E-state index contributed by atoms with van der Waals surface area (Å²) >= 11 is 0. The van der Waals surface area contributed by atoms with E-state index < -0.39 is 12.6 Å². The Balaban J connectivity index is 0.000000128. The van der Waals surface area contributed by atoms with E-state index in [1.165, 1.54) is 6.92 Å². The van der Waals surface area contributed by atoms with Gasteiger partial charge in [-0.1, -0.05) is 100 Å². The summed E-state index contributed by atoms with van der Waals surface area (Å²) in [5, 5.41) is 32.1. The number of phenolic OH excluding ortho intramolecular Hbond substituents is 1. The predicted molar refractivity (Wildman–Crippen MR) is 404 cm³/mol. The number of esters is 1. The summed E-state index contributed by atoms with van der Waals surface area (Å²) in [4.78, 5) is 38.7. The number of methoxy groups -OCH3 is 2. The number of carbonyl (C=O) groups excluding carboxylic acids is 2. The van der Waals surface area contributed by atoms with Gasteiger partial charge >= 0.3 is 5.97 Å². The number of ether oxygens (including phenoxy) is 8. The highest BCUT2D eigenvalue weighted by atomic mass is 16.8. The molecule has 1 amide bonds. The molecule has 17 rings (SSSR count). The maximum atomic E-state index is 13.9. The summed E-state index contributed by atoms with van der Waals surface area (Å²) in [5.41, 5.74) is 11.2. The Kier molecular flexibility index (Phi) is 19.5. The van der Waals surface area contributed by atoms with Gasteiger partial charge in [-0.2, -0.15) is 5.26 Å². The summed E-state index contributed by atoms with van der Waals surface area (Å²) < 4.78 is 53.3. The summed E-state index contributed by atoms with van der Waals surface area (Å²) in [6, 6.07) is 42.5. The molecule has 4 bridgehead atoms. The first-order chi connectivity index (χ1) is 51.2. The van der Waals surface area contributed by atoms with Crippen LogP contribution in [0.15, 0.2) is 171 Å². The molecule has 3 aromatic heterocycles. The lowest BCUT2D eigenvalue weighted by atomic mass is 9.44. The molecule has 2 saturated carbocycles. The van der Waals surface area contributed by atoms with Crippen molar-refractivity contribution in [2.24, 2.45) is 22.7 Å². The number of hydrogen-bond donors (Lipinski definition) is 3. The van der Waals surface area contributed by atoms with Crippen LogP contribution in [-0.2, 0) is 56.3 Å². The zero-order chi connectivity index (χ0) is 73.8. The van der Waals surface area contributed by atoms with E-state index in [1.807, 2.05) is 96.8 Å². The van der Waals surface area contributed by atoms with E-state index in [-0.39, 0.29) is 58.9 Å². The van der Waals surface area contributed by atoms with Gasteiger partial charge in [0.25, 0.3) is 5.91 Å². The van der Waals surface area contributed by atoms with Crippen LogP contribution in [0, 0.1) is 34.0 Å². The summed E-state index contributed by atoms with van der Waals surface area (Å²) in [7, 11) is 5.29. The van der Waals surface area contributed by atoms with Crippen LogP contribution in [0.25, 0.3) is 32.7 Å². The van der Waals surface area contributed by atoms with Crippen molar-refractivity contribution >= 4 is 39.1 Å². The SMILES string of the molecule is C=C1Nc2cccc3ccc(cc23)Oc2cc(ccc2C#N)Cn2cncc2CN[C@@H]1C.CN1CCN(C(=O)c2cn(Cc3cncn3Cc3ccc4c(c3)OCO4)cc2-c2cccc3ccccc23)CC1.COC1OC(OC)c2c1cc(O)c1c2O[C@@]2(C)CC[C@H]3C(C)(C)[C@@H](OC(C)=O)CC[C@]3(C)[C@H]2C1. The Bertz CT molecular complexity index is 5040. The number of hydrogen-bond acceptors (Lipinski definition) is 17. The molecule has 2 unspecified atom stereocenters. The van der Waals surface area contributed by atoms with E-state index in [1.54, 1.807) is 20.3 Å². The molecule has 1 saturated heterocycles. The van der Waals surface area contributed by atoms with Gasteiger partial charge in [0, 0.05) is 143 Å². The van der Waals surface area contributed by atoms with Gasteiger partial charge in [0.1, 0.15) is 40.8 Å². The third-order valence-electron chi connectivity index (χ3n) is 23.3. The second-order valence-corrected chi connectivity index (χ2v) is 30.3. The average molecular weight is 1430 g/mol. The van der Waals surface area contributed by atoms with Crippen molar-refractivity contribution in [3.05, 3.63) is 221 Å². The van der Waals surface area contributed by atoms with Crippen molar-refractivity contribution < 1.29 is 52.6 Å². The third-order valence-corrected chi connectivity index (χ3v) is 23.3. The number of phenols is 1. The summed E-state index contributed by atoms with van der Waals surface area (Å²) in [6.07, 6.45) is 14.7. The van der Waals surface area contributed by atoms with E-state index in [0.29, 0.717) is 54.9 Å². The highest BCUT2D eigenvalue weighted by Crippen LogP contribution is 2.66. The number of fused-ring (bicyclic) bond motifs is 12. The molecular formula is C85H92N10O11. The molecule has 106 heavy (non-hydrogen) atoms. The monoisotopic (exact) mass is 1430 g/mol. The molecule has 7 aromatic carbocycles. The number of nitriles is 1. The molecule has 0 radical (unpaired) electrons. The van der Waals surface area contributed by atoms with Crippen LogP contribution >= 0.6 is 0 Å². The fraction of sp³-hybridized carbons (Fsp3) is 0.376. The van der Waals surface area contributed by atoms with Gasteiger partial charge in [-0.15, -0.1) is 0 Å². The first-order valence-electron chi connectivity index (χ1n) is 36.6. The minimum absolute atomic E-state index is 0.0114. The zero-order valence-corrected chi connectivity index (χ0v) is 61.7. The van der Waals surface area contributed by atoms with Crippen LogP contribution in [0.1, 0.15) is 135 Å². The van der Waals surface area contributed by atoms with Gasteiger partial charge in [0.05, 0.1) is 47.3 Å². The Labute approximate surface area is 618 Å². The van der Waals surface area contributed by atoms with Crippen molar-refractivity contribution in [2.45, 2.75) is 130 Å². The molecule has 8 heterocycles. The van der Waals surface area contributed by atoms with Crippen LogP contribution in [0.3, 0.4) is 0 Å². The van der Waals surface area contributed by atoms with Crippen molar-refractivity contribution in [3.8, 4) is 51.7 Å². The number of imidazole rings is 2. The number of aromatic hydroxyl groups is 1. The molecule has 0 spiro atoms. The summed E-state index contributed by atoms with van der Waals surface area (Å²) in [5.74, 6) is 4.15. The number of nitrogens with one attached hydrogen (secondary N) is 2. The Morgan fingerprint density at radius 1 is 0.783 bits per heavy atom. The first kappa shape index (κ1) is 71.2. The molecule has 2 aliphatic carbocycles. The zero-order valence-electron chi connectivity index (χ0n) is 61.7. The molecule has 8 atom stereocenters. The number of amides is 1. The van der Waals surface area contributed by atoms with Gasteiger partial charge in [-0.05, 0) is 146 Å². The number of anilines is 1. The van der Waals surface area contributed by atoms with Crippen LogP contribution in [0.2, 0.25) is 0 Å². The minimum atomic E-state index is -0.601. The average Bonchev–Trinajstić information content (AvgIpc) is 0.948. The van der Waals surface area contributed by atoms with E-state index >= 15 is 0 Å². The minimum Gasteiger partial charge on any atom is -0.508 e. The van der Waals surface area contributed by atoms with Crippen molar-refractivity contribution in [3.63, 3.8) is 0 Å². The highest BCUT2D eigenvalue weighted by Gasteiger charge is 2.64. The lowest BCUT2D eigenvalue weighted by Crippen LogP contribution is -2.64. The fourth-order valence-corrected chi connectivity index (χ4v) is 17.5. The molecule has 10 aromatic rings. The van der Waals surface area contributed by atoms with Crippen LogP contribution in [0.4, 0.5) is 5.69 Å². The standard InChI is InChI=1S/C32H31N5O3.C27H38O7.C26H23N5O/c1-34-11-13-36(14-12-34)32(38)29-20-35(19-28(29)27-8-4-6-24-5-2-3-7-26(24)27)18-25-16-33-21-37(25)17-23-9-10-30-31(15-23)40-22-39-30;1-14(28)32-20-9-10-26(4)18(25(20,2)3)8-11-27(5)19(26)13-15-17(29)12-16-21(22(15)34-27)24(31-7)33-23(16)30-6;1-17-18(2)30-25-5-3-4-20-8-9-23(11-24(20)25)32-26-10-19(6-7-21(26)12-27)15-31-16-28-13-22(31)14-29-17/h2-10,15-16,19-21H,11-14,17-18,22H2,1H3;12,18-20,23-24,29H,8-11,13H2,1-7H3;3-11,13,16-17,29-30H,2,14-15H2,1H3/t;18-,19+,20-,23?,24?,26-,27-;17-/m.01/s1. The maximum Gasteiger partial charge on any atom is 0.302 e. The number of likely N-dealkylation sites (N-methyl/N-ethyl adjacent to an activating group) is 1. The Hall–Kier alpha value is -10.5. The van der Waals surface area contributed by atoms with Crippen molar-refractivity contribution in [1.82, 2.24) is 38.8 Å². The molecular weight excluding hydrogens is 1340 g/mol. The first-order valence-corrected chi connectivity index (χ1v) is 36.6. The predicted octanol–water partition coefficient (Wildman–Crippen LogP) is 15.1. The van der Waals surface area contributed by atoms with E-state index in [0.717, 1.165) is 159 Å². The smallest absolute Gasteiger partial charge is 0.302 e. The Morgan fingerprint density at radius 3 is 2.36 bits per heavy atom. The lowest BCUT2D eigenvalue weighted by Gasteiger charge is -2.64. The molecule has 21 nitrogen and oxygen atoms in total. The largest absolute Gasteiger partial charge is 0.508 e. The van der Waals surface area contributed by atoms with Crippen LogP contribution < -0.4 is 29.6 Å².